The van der Waals surface area contributed by atoms with Gasteiger partial charge in [0.25, 0.3) is 15.9 Å². The summed E-state index contributed by atoms with van der Waals surface area (Å²) in [6.45, 7) is 14.2. The van der Waals surface area contributed by atoms with Crippen LogP contribution in [0.1, 0.15) is 61.0 Å². The second-order valence-electron chi connectivity index (χ2n) is 9.46. The van der Waals surface area contributed by atoms with Crippen molar-refractivity contribution < 1.29 is 32.3 Å². The molecular formula is C20H29FO6P2. The number of halogens is 1. The van der Waals surface area contributed by atoms with Crippen molar-refractivity contribution in [2.45, 2.75) is 77.8 Å². The van der Waals surface area contributed by atoms with E-state index in [0.29, 0.717) is 5.56 Å². The van der Waals surface area contributed by atoms with Crippen LogP contribution in [-0.2, 0) is 18.1 Å². The Morgan fingerprint density at radius 2 is 1.14 bits per heavy atom. The van der Waals surface area contributed by atoms with E-state index >= 15 is 0 Å². The summed E-state index contributed by atoms with van der Waals surface area (Å²) in [5, 5.41) is 0.0352. The minimum Gasteiger partial charge on any atom is -0.627 e. The topological polar surface area (TPSA) is 83.0 Å². The Labute approximate surface area is 173 Å². The van der Waals surface area contributed by atoms with Crippen molar-refractivity contribution in [1.29, 1.82) is 0 Å². The molecule has 0 bridgehead atoms. The molecule has 1 aromatic rings. The van der Waals surface area contributed by atoms with Gasteiger partial charge in [-0.05, 0) is 79.7 Å². The third-order valence-corrected chi connectivity index (χ3v) is 10.6. The maximum atomic E-state index is 13.8. The van der Waals surface area contributed by atoms with Crippen LogP contribution in [0.3, 0.4) is 0 Å². The van der Waals surface area contributed by atoms with E-state index in [2.05, 4.69) is 0 Å². The summed E-state index contributed by atoms with van der Waals surface area (Å²) >= 11 is 0. The third kappa shape index (κ3) is 4.05. The molecule has 0 N–H and O–H groups in total. The van der Waals surface area contributed by atoms with Crippen molar-refractivity contribution >= 4 is 21.2 Å². The summed E-state index contributed by atoms with van der Waals surface area (Å²) in [5.74, 6) is 0.747. The van der Waals surface area contributed by atoms with E-state index in [1.807, 2.05) is 0 Å². The van der Waals surface area contributed by atoms with Crippen molar-refractivity contribution in [3.8, 4) is 0 Å². The van der Waals surface area contributed by atoms with Gasteiger partial charge in [0.1, 0.15) is 28.2 Å². The molecule has 1 aromatic carbocycles. The van der Waals surface area contributed by atoms with Crippen LogP contribution in [0.25, 0.3) is 5.31 Å². The predicted molar refractivity (Wildman–Crippen MR) is 109 cm³/mol. The minimum atomic E-state index is -3.93. The Balaban J connectivity index is 2.13. The van der Waals surface area contributed by atoms with Crippen molar-refractivity contribution in [1.82, 2.24) is 0 Å². The molecule has 0 spiro atoms. The maximum absolute atomic E-state index is 13.8. The number of hydrogen-bond acceptors (Lipinski definition) is 6. The van der Waals surface area contributed by atoms with Gasteiger partial charge in [-0.3, -0.25) is 0 Å². The highest BCUT2D eigenvalue weighted by atomic mass is 31.2. The Morgan fingerprint density at radius 1 is 0.759 bits per heavy atom. The molecule has 3 rings (SSSR count). The van der Waals surface area contributed by atoms with E-state index in [1.165, 1.54) is 30.1 Å². The molecule has 6 nitrogen and oxygen atoms in total. The summed E-state index contributed by atoms with van der Waals surface area (Å²) in [5.41, 5.74) is -3.11. The Bertz CT molecular complexity index is 800. The van der Waals surface area contributed by atoms with Gasteiger partial charge in [0.15, 0.2) is 11.1 Å². The fraction of sp³-hybridized carbons (Fsp3) is 0.600. The maximum Gasteiger partial charge on any atom is 0.277 e. The summed E-state index contributed by atoms with van der Waals surface area (Å²) < 4.78 is 36.9. The van der Waals surface area contributed by atoms with Crippen LogP contribution < -0.4 is 9.79 Å². The van der Waals surface area contributed by atoms with E-state index in [4.69, 9.17) is 18.1 Å². The van der Waals surface area contributed by atoms with Gasteiger partial charge in [0.05, 0.1) is 0 Å². The van der Waals surface area contributed by atoms with Crippen LogP contribution in [0.2, 0.25) is 0 Å². The number of rotatable bonds is 3. The molecule has 0 radical (unpaired) electrons. The highest BCUT2D eigenvalue weighted by molar-refractivity contribution is 7.72. The lowest BCUT2D eigenvalue weighted by Crippen LogP contribution is -2.41. The van der Waals surface area contributed by atoms with Crippen molar-refractivity contribution in [3.63, 3.8) is 0 Å². The van der Waals surface area contributed by atoms with Gasteiger partial charge < -0.3 is 9.79 Å². The van der Waals surface area contributed by atoms with E-state index < -0.39 is 44.1 Å². The molecule has 0 unspecified atom stereocenters. The first-order valence-electron chi connectivity index (χ1n) is 9.44. The lowest BCUT2D eigenvalue weighted by atomic mass is 9.90. The average Bonchev–Trinajstić information content (AvgIpc) is 2.78. The van der Waals surface area contributed by atoms with E-state index in [9.17, 15) is 14.2 Å². The lowest BCUT2D eigenvalue weighted by Gasteiger charge is -2.27. The van der Waals surface area contributed by atoms with Crippen LogP contribution in [-0.4, -0.2) is 22.4 Å². The number of hydrogen-bond donors (Lipinski definition) is 0. The molecule has 0 amide bonds. The van der Waals surface area contributed by atoms with Gasteiger partial charge in [-0.25, -0.2) is 4.39 Å². The first-order valence-corrected chi connectivity index (χ1v) is 12.6. The molecule has 2 fully saturated rings. The molecule has 2 saturated heterocycles. The highest BCUT2D eigenvalue weighted by Gasteiger charge is 2.65. The molecule has 0 aromatic heterocycles. The first kappa shape index (κ1) is 23.2. The standard InChI is InChI=1S/C20H29FO6P2/c1-17(2)18(3,4)25-28(22,24-17)13-16(14-9-11-15(21)12-10-14)29(23)26-19(5,6)20(7,8)27-29/h9-13H,1-8H3/b16-13-. The first-order chi connectivity index (χ1) is 12.9. The molecular weight excluding hydrogens is 417 g/mol. The molecule has 0 saturated carbocycles. The molecule has 2 heterocycles. The van der Waals surface area contributed by atoms with Gasteiger partial charge in [-0.1, -0.05) is 0 Å². The highest BCUT2D eigenvalue weighted by Crippen LogP contribution is 2.78. The van der Waals surface area contributed by atoms with Crippen LogP contribution >= 0.6 is 15.9 Å². The summed E-state index contributed by atoms with van der Waals surface area (Å²) in [6, 6.07) is 5.32. The normalized spacial score (nSPS) is 28.4. The van der Waals surface area contributed by atoms with E-state index in [1.54, 1.807) is 55.4 Å². The van der Waals surface area contributed by atoms with Crippen LogP contribution in [0, 0.1) is 5.82 Å². The Morgan fingerprint density at radius 3 is 1.55 bits per heavy atom. The minimum absolute atomic E-state index is 0.0352. The zero-order valence-electron chi connectivity index (χ0n) is 18.1. The zero-order chi connectivity index (χ0) is 22.1. The fourth-order valence-corrected chi connectivity index (χ4v) is 8.57. The largest absolute Gasteiger partial charge is 0.627 e. The fourth-order valence-electron chi connectivity index (χ4n) is 2.94. The van der Waals surface area contributed by atoms with Crippen LogP contribution in [0.15, 0.2) is 30.1 Å². The summed E-state index contributed by atoms with van der Waals surface area (Å²) in [4.78, 5) is 27.3. The third-order valence-electron chi connectivity index (χ3n) is 6.02. The second-order valence-corrected chi connectivity index (χ2v) is 13.0. The van der Waals surface area contributed by atoms with Gasteiger partial charge in [-0.15, -0.1) is 0 Å². The van der Waals surface area contributed by atoms with Crippen molar-refractivity contribution in [2.75, 3.05) is 0 Å². The smallest absolute Gasteiger partial charge is 0.277 e. The molecule has 162 valence electrons. The average molecular weight is 446 g/mol. The molecule has 2 aliphatic rings. The van der Waals surface area contributed by atoms with Gasteiger partial charge in [-0.2, -0.15) is 18.1 Å². The molecule has 0 atom stereocenters. The van der Waals surface area contributed by atoms with Gasteiger partial charge in [0.2, 0.25) is 0 Å². The Kier molecular flexibility index (Phi) is 5.40. The Hall–Kier alpha value is -0.490. The van der Waals surface area contributed by atoms with E-state index in [0.717, 1.165) is 0 Å². The summed E-state index contributed by atoms with van der Waals surface area (Å²) in [6.07, 6.45) is 0. The number of benzene rings is 1. The van der Waals surface area contributed by atoms with Crippen LogP contribution in [0.4, 0.5) is 4.39 Å². The summed E-state index contributed by atoms with van der Waals surface area (Å²) in [7, 11) is -7.75. The van der Waals surface area contributed by atoms with Crippen molar-refractivity contribution in [3.05, 3.63) is 41.5 Å². The van der Waals surface area contributed by atoms with Crippen molar-refractivity contribution in [2.24, 2.45) is 0 Å². The quantitative estimate of drug-likeness (QED) is 0.633. The molecule has 0 aliphatic carbocycles. The molecule has 2 aliphatic heterocycles. The van der Waals surface area contributed by atoms with E-state index in [-0.39, 0.29) is 5.31 Å². The molecule has 29 heavy (non-hydrogen) atoms. The van der Waals surface area contributed by atoms with Gasteiger partial charge in [0, 0.05) is 5.56 Å². The zero-order valence-corrected chi connectivity index (χ0v) is 19.9. The van der Waals surface area contributed by atoms with Gasteiger partial charge >= 0.3 is 0 Å². The van der Waals surface area contributed by atoms with Crippen LogP contribution in [0.5, 0.6) is 0 Å². The monoisotopic (exact) mass is 446 g/mol. The molecule has 9 heteroatoms. The second kappa shape index (κ2) is 6.75. The predicted octanol–water partition coefficient (Wildman–Crippen LogP) is 4.58. The lowest BCUT2D eigenvalue weighted by molar-refractivity contribution is -0.209. The SMILES string of the molecule is CC1(C)O[P+]([O-])(/C=C(/c2ccc(F)cc2)[P+]2([O-])OC(C)(C)C(C)(C)O2)OC1(C)C.